The number of hydrogen-bond donors (Lipinski definition) is 1. The molecule has 0 bridgehead atoms. The van der Waals surface area contributed by atoms with Crippen molar-refractivity contribution < 1.29 is 14.3 Å². The van der Waals surface area contributed by atoms with Gasteiger partial charge in [-0.3, -0.25) is 4.79 Å². The van der Waals surface area contributed by atoms with Gasteiger partial charge in [-0.25, -0.2) is 4.79 Å². The van der Waals surface area contributed by atoms with Gasteiger partial charge >= 0.3 is 5.97 Å². The third-order valence-corrected chi connectivity index (χ3v) is 2.46. The van der Waals surface area contributed by atoms with E-state index >= 15 is 0 Å². The summed E-state index contributed by atoms with van der Waals surface area (Å²) in [4.78, 5) is 25.9. The molecule has 1 rings (SSSR count). The Labute approximate surface area is 105 Å². The Morgan fingerprint density at radius 2 is 2.00 bits per heavy atom. The summed E-state index contributed by atoms with van der Waals surface area (Å²) in [5.41, 5.74) is 2.07. The summed E-state index contributed by atoms with van der Waals surface area (Å²) < 4.78 is 4.91. The van der Waals surface area contributed by atoms with Gasteiger partial charge in [0.2, 0.25) is 0 Å². The van der Waals surface area contributed by atoms with Crippen LogP contribution in [0.25, 0.3) is 0 Å². The maximum absolute atomic E-state index is 11.7. The summed E-state index contributed by atoms with van der Waals surface area (Å²) in [7, 11) is 0. The van der Waals surface area contributed by atoms with E-state index in [-0.39, 0.29) is 23.1 Å². The molecule has 4 nitrogen and oxygen atoms in total. The first-order valence-electron chi connectivity index (χ1n) is 5.05. The highest BCUT2D eigenvalue weighted by Gasteiger charge is 2.20. The molecule has 0 aromatic carbocycles. The van der Waals surface area contributed by atoms with Crippen LogP contribution < -0.4 is 0 Å². The number of aryl methyl sites for hydroxylation is 1. The molecule has 0 amide bonds. The molecule has 0 saturated carbocycles. The number of carbonyl (C=O) groups excluding carboxylic acids is 2. The van der Waals surface area contributed by atoms with Crippen LogP contribution in [0.3, 0.4) is 0 Å². The van der Waals surface area contributed by atoms with Gasteiger partial charge in [0.15, 0.2) is 5.78 Å². The Morgan fingerprint density at radius 1 is 1.41 bits per heavy atom. The zero-order valence-corrected chi connectivity index (χ0v) is 10.8. The van der Waals surface area contributed by atoms with E-state index in [1.807, 2.05) is 0 Å². The van der Waals surface area contributed by atoms with Gasteiger partial charge in [-0.05, 0) is 26.3 Å². The lowest BCUT2D eigenvalue weighted by Gasteiger charge is -2.02. The average Bonchev–Trinajstić information content (AvgIpc) is 2.50. The van der Waals surface area contributed by atoms with Crippen LogP contribution in [-0.2, 0) is 4.74 Å². The molecule has 1 N–H and O–H groups in total. The number of H-pyrrole nitrogens is 1. The molecule has 1 aromatic rings. The van der Waals surface area contributed by atoms with E-state index in [4.69, 9.17) is 16.3 Å². The van der Waals surface area contributed by atoms with Crippen molar-refractivity contribution in [3.8, 4) is 0 Å². The summed E-state index contributed by atoms with van der Waals surface area (Å²) in [6.07, 6.45) is 0. The molecule has 1 heterocycles. The molecule has 0 spiro atoms. The molecule has 0 aliphatic rings. The van der Waals surface area contributed by atoms with E-state index in [1.165, 1.54) is 6.92 Å². The molecule has 0 fully saturated rings. The van der Waals surface area contributed by atoms with Crippen LogP contribution in [0.5, 0.6) is 0 Å². The maximum Gasteiger partial charge on any atom is 0.355 e. The monoisotopic (exact) mass is 255 g/mol. The fraction of sp³-hybridized carbons (Fsp3) is 0.333. The summed E-state index contributed by atoms with van der Waals surface area (Å²) in [5.74, 6) is -0.628. The SMILES string of the molecule is C=C(Cl)COC(=O)c1[nH]c(C)c(C(C)=O)c1C. The normalized spacial score (nSPS) is 10.1. The zero-order chi connectivity index (χ0) is 13.2. The molecule has 0 atom stereocenters. The quantitative estimate of drug-likeness (QED) is 0.665. The second kappa shape index (κ2) is 5.19. The van der Waals surface area contributed by atoms with Crippen LogP contribution in [0, 0.1) is 13.8 Å². The van der Waals surface area contributed by atoms with Crippen molar-refractivity contribution >= 4 is 23.4 Å². The van der Waals surface area contributed by atoms with Gasteiger partial charge in [0.1, 0.15) is 12.3 Å². The van der Waals surface area contributed by atoms with E-state index in [0.717, 1.165) is 0 Å². The largest absolute Gasteiger partial charge is 0.455 e. The first-order valence-corrected chi connectivity index (χ1v) is 5.43. The molecule has 0 aliphatic carbocycles. The number of carbonyl (C=O) groups is 2. The highest BCUT2D eigenvalue weighted by atomic mass is 35.5. The van der Waals surface area contributed by atoms with Crippen LogP contribution in [0.15, 0.2) is 11.6 Å². The summed E-state index contributed by atoms with van der Waals surface area (Å²) in [5, 5.41) is 0.242. The molecule has 5 heteroatoms. The summed E-state index contributed by atoms with van der Waals surface area (Å²) in [6, 6.07) is 0. The number of aromatic nitrogens is 1. The molecule has 92 valence electrons. The van der Waals surface area contributed by atoms with Crippen LogP contribution in [0.1, 0.15) is 39.0 Å². The fourth-order valence-corrected chi connectivity index (χ4v) is 1.75. The van der Waals surface area contributed by atoms with E-state index in [1.54, 1.807) is 13.8 Å². The van der Waals surface area contributed by atoms with Crippen molar-refractivity contribution in [3.63, 3.8) is 0 Å². The minimum atomic E-state index is -0.542. The number of halogens is 1. The van der Waals surface area contributed by atoms with Crippen LogP contribution in [0.4, 0.5) is 0 Å². The topological polar surface area (TPSA) is 59.2 Å². The lowest BCUT2D eigenvalue weighted by molar-refractivity contribution is 0.0539. The van der Waals surface area contributed by atoms with Crippen molar-refractivity contribution in [3.05, 3.63) is 34.1 Å². The van der Waals surface area contributed by atoms with Gasteiger partial charge in [-0.15, -0.1) is 0 Å². The minimum absolute atomic E-state index is 0.0483. The van der Waals surface area contributed by atoms with Crippen molar-refractivity contribution in [1.82, 2.24) is 4.98 Å². The number of ether oxygens (including phenoxy) is 1. The van der Waals surface area contributed by atoms with Gasteiger partial charge in [-0.1, -0.05) is 18.2 Å². The number of aromatic amines is 1. The van der Waals surface area contributed by atoms with Gasteiger partial charge in [-0.2, -0.15) is 0 Å². The predicted octanol–water partition coefficient (Wildman–Crippen LogP) is 2.74. The first-order chi connectivity index (χ1) is 7.84. The van der Waals surface area contributed by atoms with Crippen molar-refractivity contribution in [2.24, 2.45) is 0 Å². The van der Waals surface area contributed by atoms with Crippen molar-refractivity contribution in [2.75, 3.05) is 6.61 Å². The number of hydrogen-bond acceptors (Lipinski definition) is 3. The van der Waals surface area contributed by atoms with Crippen molar-refractivity contribution in [2.45, 2.75) is 20.8 Å². The summed E-state index contributed by atoms with van der Waals surface area (Å²) in [6.45, 7) is 8.26. The first kappa shape index (κ1) is 13.5. The van der Waals surface area contributed by atoms with E-state index in [9.17, 15) is 9.59 Å². The molecular formula is C12H14ClNO3. The van der Waals surface area contributed by atoms with E-state index in [0.29, 0.717) is 16.8 Å². The van der Waals surface area contributed by atoms with Crippen LogP contribution in [0.2, 0.25) is 0 Å². The lowest BCUT2D eigenvalue weighted by atomic mass is 10.1. The zero-order valence-electron chi connectivity index (χ0n) is 10.0. The Morgan fingerprint density at radius 3 is 2.41 bits per heavy atom. The number of nitrogens with one attached hydrogen (secondary N) is 1. The maximum atomic E-state index is 11.7. The fourth-order valence-electron chi connectivity index (χ4n) is 1.70. The van der Waals surface area contributed by atoms with E-state index < -0.39 is 5.97 Å². The molecule has 0 aliphatic heterocycles. The predicted molar refractivity (Wildman–Crippen MR) is 65.5 cm³/mol. The minimum Gasteiger partial charge on any atom is -0.455 e. The number of rotatable bonds is 4. The Balaban J connectivity index is 3.00. The average molecular weight is 256 g/mol. The van der Waals surface area contributed by atoms with Crippen LogP contribution >= 0.6 is 11.6 Å². The highest BCUT2D eigenvalue weighted by Crippen LogP contribution is 2.19. The third-order valence-electron chi connectivity index (χ3n) is 2.35. The molecule has 17 heavy (non-hydrogen) atoms. The Kier molecular flexibility index (Phi) is 4.12. The number of Topliss-reactive ketones (excluding diaryl/α,β-unsaturated/α-hetero) is 1. The molecule has 0 unspecified atom stereocenters. The Hall–Kier alpha value is -1.55. The third kappa shape index (κ3) is 2.97. The van der Waals surface area contributed by atoms with Crippen LogP contribution in [-0.4, -0.2) is 23.3 Å². The highest BCUT2D eigenvalue weighted by molar-refractivity contribution is 6.29. The second-order valence-corrected chi connectivity index (χ2v) is 4.31. The smallest absolute Gasteiger partial charge is 0.355 e. The molecule has 1 aromatic heterocycles. The molecular weight excluding hydrogens is 242 g/mol. The number of esters is 1. The number of ketones is 1. The van der Waals surface area contributed by atoms with Gasteiger partial charge in [0, 0.05) is 16.3 Å². The van der Waals surface area contributed by atoms with E-state index in [2.05, 4.69) is 11.6 Å². The van der Waals surface area contributed by atoms with Gasteiger partial charge in [0.25, 0.3) is 0 Å². The second-order valence-electron chi connectivity index (χ2n) is 3.77. The van der Waals surface area contributed by atoms with Crippen molar-refractivity contribution in [1.29, 1.82) is 0 Å². The summed E-state index contributed by atoms with van der Waals surface area (Å²) >= 11 is 5.50. The molecule has 0 saturated heterocycles. The van der Waals surface area contributed by atoms with Gasteiger partial charge in [0.05, 0.1) is 0 Å². The van der Waals surface area contributed by atoms with Gasteiger partial charge < -0.3 is 9.72 Å². The lowest BCUT2D eigenvalue weighted by Crippen LogP contribution is -2.08. The Bertz CT molecular complexity index is 488. The standard InChI is InChI=1S/C12H14ClNO3/c1-6(13)5-17-12(16)11-7(2)10(9(4)15)8(3)14-11/h14H,1,5H2,2-4H3. The molecule has 0 radical (unpaired) electrons.